The van der Waals surface area contributed by atoms with Crippen LogP contribution >= 0.6 is 0 Å². The first kappa shape index (κ1) is 63.4. The summed E-state index contributed by atoms with van der Waals surface area (Å²) in [5, 5.41) is 14.7. The standard InChI is InChI=1S/C24H29FN2O2.2C17H25FN2O2.2CH4/c1-24(2,3)29-23(28)26-16-19-9-10-22(25)21(15-19)20-11-13-27(14-12-20)17-18-7-5-4-6-8-18;2*1-17(2,3)22-16(21)20-11-12-4-5-15(18)14(10-12)13-6-8-19-9-7-13;;/h4-11,15H,12-14,16-17H2,1-3H3,(H,26,28);2*4-5,10,13,19H,6-9,11H2,1-3H3,(H,20,21);2*1H4. The molecule has 5 N–H and O–H groups in total. The van der Waals surface area contributed by atoms with Gasteiger partial charge in [-0.2, -0.15) is 0 Å². The van der Waals surface area contributed by atoms with E-state index in [4.69, 9.17) is 14.2 Å². The van der Waals surface area contributed by atoms with E-state index in [1.165, 1.54) is 23.8 Å². The zero-order chi connectivity index (χ0) is 53.2. The average molecular weight is 1050 g/mol. The van der Waals surface area contributed by atoms with Gasteiger partial charge in [0.1, 0.15) is 34.3 Å². The van der Waals surface area contributed by atoms with Gasteiger partial charge in [0, 0.05) is 44.8 Å². The summed E-state index contributed by atoms with van der Waals surface area (Å²) in [6.07, 6.45) is 5.29. The van der Waals surface area contributed by atoms with Crippen molar-refractivity contribution in [1.29, 1.82) is 0 Å². The van der Waals surface area contributed by atoms with Crippen LogP contribution in [0.5, 0.6) is 0 Å². The van der Waals surface area contributed by atoms with Crippen LogP contribution in [0.3, 0.4) is 0 Å². The SMILES string of the molecule is C.C.CC(C)(C)OC(=O)NCc1ccc(F)c(C2=CCN(Cc3ccccc3)CC2)c1.CC(C)(C)OC(=O)NCc1ccc(F)c(C2CCNCC2)c1.CC(C)(C)OC(=O)NCc1ccc(F)c(C2CCNCC2)c1. The van der Waals surface area contributed by atoms with Crippen molar-refractivity contribution in [3.63, 3.8) is 0 Å². The zero-order valence-electron chi connectivity index (χ0n) is 44.5. The lowest BCUT2D eigenvalue weighted by Gasteiger charge is -2.27. The summed E-state index contributed by atoms with van der Waals surface area (Å²) in [6, 6.07) is 25.5. The lowest BCUT2D eigenvalue weighted by molar-refractivity contribution is 0.0512. The highest BCUT2D eigenvalue weighted by molar-refractivity contribution is 5.70. The Balaban J connectivity index is 0.000000297. The molecule has 3 aliphatic heterocycles. The smallest absolute Gasteiger partial charge is 0.407 e. The summed E-state index contributed by atoms with van der Waals surface area (Å²) in [4.78, 5) is 37.5. The molecule has 2 fully saturated rings. The Labute approximate surface area is 446 Å². The molecule has 3 aliphatic rings. The van der Waals surface area contributed by atoms with Crippen LogP contribution < -0.4 is 26.6 Å². The molecule has 12 nitrogen and oxygen atoms in total. The number of amides is 3. The highest BCUT2D eigenvalue weighted by Gasteiger charge is 2.23. The van der Waals surface area contributed by atoms with Crippen LogP contribution in [0.25, 0.3) is 5.57 Å². The Morgan fingerprint density at radius 2 is 0.933 bits per heavy atom. The molecule has 7 rings (SSSR count). The minimum absolute atomic E-state index is 0. The minimum atomic E-state index is -0.545. The quantitative estimate of drug-likeness (QED) is 0.0928. The molecule has 0 unspecified atom stereocenters. The first-order valence-corrected chi connectivity index (χ1v) is 25.6. The monoisotopic (exact) mass is 1040 g/mol. The van der Waals surface area contributed by atoms with Crippen molar-refractivity contribution in [2.45, 2.75) is 164 Å². The molecule has 3 heterocycles. The van der Waals surface area contributed by atoms with Crippen LogP contribution in [0.1, 0.15) is 160 Å². The van der Waals surface area contributed by atoms with Gasteiger partial charge >= 0.3 is 18.3 Å². The maximum absolute atomic E-state index is 14.5. The third-order valence-corrected chi connectivity index (χ3v) is 12.1. The molecule has 0 atom stereocenters. The fourth-order valence-electron chi connectivity index (χ4n) is 8.63. The predicted molar refractivity (Wildman–Crippen MR) is 296 cm³/mol. The number of nitrogens with one attached hydrogen (secondary N) is 5. The Hall–Kier alpha value is -5.90. The second kappa shape index (κ2) is 30.0. The van der Waals surface area contributed by atoms with Gasteiger partial charge < -0.3 is 40.8 Å². The molecule has 2 saturated heterocycles. The first-order valence-electron chi connectivity index (χ1n) is 25.6. The topological polar surface area (TPSA) is 142 Å². The second-order valence-electron chi connectivity index (χ2n) is 21.8. The maximum Gasteiger partial charge on any atom is 0.407 e. The molecule has 0 radical (unpaired) electrons. The molecule has 0 saturated carbocycles. The Kier molecular flexibility index (Phi) is 25.4. The van der Waals surface area contributed by atoms with E-state index in [2.05, 4.69) is 49.7 Å². The summed E-state index contributed by atoms with van der Waals surface area (Å²) in [5.41, 5.74) is 5.47. The molecular formula is C60H87F3N6O6. The summed E-state index contributed by atoms with van der Waals surface area (Å²) in [6.45, 7) is 23.6. The predicted octanol–water partition coefficient (Wildman–Crippen LogP) is 13.0. The number of hydrogen-bond donors (Lipinski definition) is 5. The molecule has 0 aliphatic carbocycles. The number of carbonyl (C=O) groups excluding carboxylic acids is 3. The van der Waals surface area contributed by atoms with Gasteiger partial charge in [0.15, 0.2) is 0 Å². The fraction of sp³-hybridized carbons (Fsp3) is 0.517. The number of carbonyl (C=O) groups is 3. The van der Waals surface area contributed by atoms with E-state index < -0.39 is 35.1 Å². The molecular weight excluding hydrogens is 958 g/mol. The minimum Gasteiger partial charge on any atom is -0.444 e. The average Bonchev–Trinajstić information content (AvgIpc) is 3.33. The van der Waals surface area contributed by atoms with Crippen LogP contribution in [0.15, 0.2) is 91.0 Å². The Morgan fingerprint density at radius 1 is 0.547 bits per heavy atom. The summed E-state index contributed by atoms with van der Waals surface area (Å²) >= 11 is 0. The van der Waals surface area contributed by atoms with Gasteiger partial charge in [-0.25, -0.2) is 27.6 Å². The number of alkyl carbamates (subject to hydrolysis) is 3. The number of nitrogens with zero attached hydrogens (tertiary/aromatic N) is 1. The van der Waals surface area contributed by atoms with E-state index in [1.54, 1.807) is 18.2 Å². The zero-order valence-corrected chi connectivity index (χ0v) is 44.5. The van der Waals surface area contributed by atoms with E-state index in [-0.39, 0.29) is 44.1 Å². The lowest BCUT2D eigenvalue weighted by Crippen LogP contribution is -2.32. The summed E-state index contributed by atoms with van der Waals surface area (Å²) < 4.78 is 58.2. The van der Waals surface area contributed by atoms with Crippen LogP contribution in [-0.2, 0) is 40.4 Å². The van der Waals surface area contributed by atoms with Crippen LogP contribution in [-0.4, -0.2) is 79.3 Å². The number of piperidine rings is 2. The second-order valence-corrected chi connectivity index (χ2v) is 21.8. The maximum atomic E-state index is 14.5. The molecule has 0 bridgehead atoms. The van der Waals surface area contributed by atoms with Crippen molar-refractivity contribution < 1.29 is 41.8 Å². The van der Waals surface area contributed by atoms with E-state index in [0.29, 0.717) is 25.2 Å². The van der Waals surface area contributed by atoms with Crippen molar-refractivity contribution in [2.75, 3.05) is 39.3 Å². The number of hydrogen-bond acceptors (Lipinski definition) is 9. The number of benzene rings is 4. The van der Waals surface area contributed by atoms with E-state index in [1.807, 2.05) is 98.7 Å². The van der Waals surface area contributed by atoms with Crippen molar-refractivity contribution in [3.8, 4) is 0 Å². The van der Waals surface area contributed by atoms with Crippen LogP contribution in [0, 0.1) is 17.5 Å². The largest absolute Gasteiger partial charge is 0.444 e. The summed E-state index contributed by atoms with van der Waals surface area (Å²) in [7, 11) is 0. The van der Waals surface area contributed by atoms with Crippen molar-refractivity contribution >= 4 is 23.9 Å². The number of ether oxygens (including phenoxy) is 3. The van der Waals surface area contributed by atoms with Gasteiger partial charge in [0.05, 0.1) is 0 Å². The van der Waals surface area contributed by atoms with Crippen LogP contribution in [0.4, 0.5) is 27.6 Å². The van der Waals surface area contributed by atoms with Gasteiger partial charge in [0.25, 0.3) is 0 Å². The summed E-state index contributed by atoms with van der Waals surface area (Å²) in [5.74, 6) is -0.0416. The molecule has 3 amide bonds. The van der Waals surface area contributed by atoms with E-state index in [0.717, 1.165) is 111 Å². The highest BCUT2D eigenvalue weighted by atomic mass is 19.1. The number of halogens is 3. The molecule has 4 aromatic rings. The number of rotatable bonds is 11. The normalized spacial score (nSPS) is 15.4. The Morgan fingerprint density at radius 3 is 1.31 bits per heavy atom. The fourth-order valence-corrected chi connectivity index (χ4v) is 8.63. The van der Waals surface area contributed by atoms with E-state index in [9.17, 15) is 27.6 Å². The van der Waals surface area contributed by atoms with Gasteiger partial charge in [0.2, 0.25) is 0 Å². The molecule has 0 spiro atoms. The van der Waals surface area contributed by atoms with Crippen molar-refractivity contribution in [3.05, 3.63) is 147 Å². The van der Waals surface area contributed by atoms with Gasteiger partial charge in [-0.15, -0.1) is 0 Å². The van der Waals surface area contributed by atoms with Crippen molar-refractivity contribution in [1.82, 2.24) is 31.5 Å². The van der Waals surface area contributed by atoms with Gasteiger partial charge in [-0.05, 0) is 196 Å². The third kappa shape index (κ3) is 23.3. The van der Waals surface area contributed by atoms with Gasteiger partial charge in [-0.3, -0.25) is 4.90 Å². The Bertz CT molecular complexity index is 2340. The molecule has 414 valence electrons. The van der Waals surface area contributed by atoms with Crippen molar-refractivity contribution in [2.24, 2.45) is 0 Å². The molecule has 15 heteroatoms. The van der Waals surface area contributed by atoms with Crippen LogP contribution in [0.2, 0.25) is 0 Å². The third-order valence-electron chi connectivity index (χ3n) is 12.1. The lowest BCUT2D eigenvalue weighted by atomic mass is 9.89. The molecule has 4 aromatic carbocycles. The first-order chi connectivity index (χ1) is 34.5. The molecule has 0 aromatic heterocycles. The highest BCUT2D eigenvalue weighted by Crippen LogP contribution is 2.30. The molecule has 75 heavy (non-hydrogen) atoms. The van der Waals surface area contributed by atoms with E-state index >= 15 is 0 Å². The van der Waals surface area contributed by atoms with Gasteiger partial charge in [-0.1, -0.05) is 81.6 Å².